The second-order valence-corrected chi connectivity index (χ2v) is 4.78. The third-order valence-corrected chi connectivity index (χ3v) is 2.90. The predicted octanol–water partition coefficient (Wildman–Crippen LogP) is 3.23. The first-order chi connectivity index (χ1) is 8.97. The van der Waals surface area contributed by atoms with Crippen LogP contribution < -0.4 is 5.32 Å². The van der Waals surface area contributed by atoms with Gasteiger partial charge in [-0.15, -0.1) is 0 Å². The summed E-state index contributed by atoms with van der Waals surface area (Å²) in [6.45, 7) is 5.82. The molecule has 5 heteroatoms. The number of hydrogen-bond donors (Lipinski definition) is 2. The molecule has 19 heavy (non-hydrogen) atoms. The molecule has 0 saturated heterocycles. The minimum atomic E-state index is -0.384. The van der Waals surface area contributed by atoms with Gasteiger partial charge in [-0.25, -0.2) is 4.39 Å². The van der Waals surface area contributed by atoms with Crippen LogP contribution >= 0.6 is 0 Å². The van der Waals surface area contributed by atoms with Crippen molar-refractivity contribution in [2.75, 3.05) is 5.32 Å². The molecule has 2 N–H and O–H groups in total. The average Bonchev–Trinajstić information content (AvgIpc) is 2.83. The van der Waals surface area contributed by atoms with E-state index in [9.17, 15) is 9.18 Å². The van der Waals surface area contributed by atoms with Crippen LogP contribution in [0.2, 0.25) is 0 Å². The van der Waals surface area contributed by atoms with Crippen LogP contribution in [-0.2, 0) is 0 Å². The Kier molecular flexibility index (Phi) is 3.64. The first-order valence-corrected chi connectivity index (χ1v) is 6.10. The van der Waals surface area contributed by atoms with Crippen molar-refractivity contribution in [2.45, 2.75) is 26.7 Å². The average molecular weight is 261 g/mol. The molecule has 0 saturated carbocycles. The summed E-state index contributed by atoms with van der Waals surface area (Å²) in [7, 11) is 0. The molecule has 0 spiro atoms. The number of H-pyrrole nitrogens is 1. The summed E-state index contributed by atoms with van der Waals surface area (Å²) < 4.78 is 13.1. The molecule has 0 aliphatic heterocycles. The summed E-state index contributed by atoms with van der Waals surface area (Å²) in [5.41, 5.74) is 2.45. The van der Waals surface area contributed by atoms with Crippen LogP contribution in [-0.4, -0.2) is 16.1 Å². The number of aromatic nitrogens is 2. The molecule has 1 aromatic heterocycles. The number of aromatic amines is 1. The SMILES string of the molecule is Cc1ccc(F)cc1NC(=O)c1cc(C(C)C)[nH]n1. The van der Waals surface area contributed by atoms with Crippen molar-refractivity contribution in [3.8, 4) is 0 Å². The maximum Gasteiger partial charge on any atom is 0.276 e. The fraction of sp³-hybridized carbons (Fsp3) is 0.286. The smallest absolute Gasteiger partial charge is 0.276 e. The van der Waals surface area contributed by atoms with Crippen molar-refractivity contribution < 1.29 is 9.18 Å². The van der Waals surface area contributed by atoms with Crippen LogP contribution in [0.25, 0.3) is 0 Å². The number of rotatable bonds is 3. The maximum atomic E-state index is 13.1. The van der Waals surface area contributed by atoms with Crippen LogP contribution in [0.3, 0.4) is 0 Å². The topological polar surface area (TPSA) is 57.8 Å². The Morgan fingerprint density at radius 3 is 2.74 bits per heavy atom. The summed E-state index contributed by atoms with van der Waals surface area (Å²) in [5, 5.41) is 9.43. The number of hydrogen-bond acceptors (Lipinski definition) is 2. The molecule has 4 nitrogen and oxygen atoms in total. The van der Waals surface area contributed by atoms with Gasteiger partial charge in [0, 0.05) is 11.4 Å². The van der Waals surface area contributed by atoms with Crippen LogP contribution in [0.15, 0.2) is 24.3 Å². The number of nitrogens with zero attached hydrogens (tertiary/aromatic N) is 1. The lowest BCUT2D eigenvalue weighted by atomic mass is 10.1. The van der Waals surface area contributed by atoms with Crippen molar-refractivity contribution in [3.05, 3.63) is 47.0 Å². The lowest BCUT2D eigenvalue weighted by Crippen LogP contribution is -2.13. The molecule has 1 amide bonds. The number of amides is 1. The van der Waals surface area contributed by atoms with Gasteiger partial charge in [0.25, 0.3) is 5.91 Å². The zero-order chi connectivity index (χ0) is 14.0. The Hall–Kier alpha value is -2.17. The van der Waals surface area contributed by atoms with Gasteiger partial charge >= 0.3 is 0 Å². The standard InChI is InChI=1S/C14H16FN3O/c1-8(2)11-7-13(18-17-11)14(19)16-12-6-10(15)5-4-9(12)3/h4-8H,1-3H3,(H,16,19)(H,17,18). The Balaban J connectivity index is 2.18. The highest BCUT2D eigenvalue weighted by Gasteiger charge is 2.13. The summed E-state index contributed by atoms with van der Waals surface area (Å²) in [5.74, 6) is -0.465. The molecule has 0 bridgehead atoms. The third-order valence-electron chi connectivity index (χ3n) is 2.90. The molecule has 0 radical (unpaired) electrons. The molecule has 2 aromatic rings. The van der Waals surface area contributed by atoms with Gasteiger partial charge in [-0.1, -0.05) is 19.9 Å². The van der Waals surface area contributed by atoms with Crippen LogP contribution in [0.4, 0.5) is 10.1 Å². The molecule has 100 valence electrons. The largest absolute Gasteiger partial charge is 0.320 e. The molecule has 0 aliphatic carbocycles. The van der Waals surface area contributed by atoms with E-state index in [1.807, 2.05) is 13.8 Å². The molecule has 0 fully saturated rings. The van der Waals surface area contributed by atoms with Crippen LogP contribution in [0.5, 0.6) is 0 Å². The molecular weight excluding hydrogens is 245 g/mol. The maximum absolute atomic E-state index is 13.1. The second-order valence-electron chi connectivity index (χ2n) is 4.78. The van der Waals surface area contributed by atoms with Gasteiger partial charge in [0.05, 0.1) is 0 Å². The number of carbonyl (C=O) groups excluding carboxylic acids is 1. The van der Waals surface area contributed by atoms with E-state index in [1.165, 1.54) is 12.1 Å². The van der Waals surface area contributed by atoms with E-state index in [0.717, 1.165) is 11.3 Å². The number of anilines is 1. The predicted molar refractivity (Wildman–Crippen MR) is 71.8 cm³/mol. The molecule has 0 aliphatic rings. The molecule has 0 unspecified atom stereocenters. The minimum absolute atomic E-state index is 0.268. The van der Waals surface area contributed by atoms with Crippen molar-refractivity contribution in [2.24, 2.45) is 0 Å². The van der Waals surface area contributed by atoms with Gasteiger partial charge in [0.15, 0.2) is 5.69 Å². The van der Waals surface area contributed by atoms with Crippen molar-refractivity contribution in [1.29, 1.82) is 0 Å². The van der Waals surface area contributed by atoms with E-state index in [4.69, 9.17) is 0 Å². The van der Waals surface area contributed by atoms with E-state index in [0.29, 0.717) is 11.4 Å². The van der Waals surface area contributed by atoms with Crippen LogP contribution in [0.1, 0.15) is 41.5 Å². The Labute approximate surface area is 111 Å². The summed E-state index contributed by atoms with van der Waals surface area (Å²) >= 11 is 0. The van der Waals surface area contributed by atoms with Crippen molar-refractivity contribution in [1.82, 2.24) is 10.2 Å². The van der Waals surface area contributed by atoms with Crippen molar-refractivity contribution in [3.63, 3.8) is 0 Å². The summed E-state index contributed by atoms with van der Waals surface area (Å²) in [4.78, 5) is 12.0. The van der Waals surface area contributed by atoms with Gasteiger partial charge in [-0.3, -0.25) is 9.89 Å². The Bertz CT molecular complexity index is 604. The number of benzene rings is 1. The first kappa shape index (κ1) is 13.3. The highest BCUT2D eigenvalue weighted by molar-refractivity contribution is 6.03. The molecule has 0 atom stereocenters. The summed E-state index contributed by atoms with van der Waals surface area (Å²) in [6.07, 6.45) is 0. The van der Waals surface area contributed by atoms with E-state index < -0.39 is 0 Å². The van der Waals surface area contributed by atoms with E-state index in [2.05, 4.69) is 15.5 Å². The zero-order valence-corrected chi connectivity index (χ0v) is 11.1. The van der Waals surface area contributed by atoms with E-state index in [-0.39, 0.29) is 17.6 Å². The summed E-state index contributed by atoms with van der Waals surface area (Å²) in [6, 6.07) is 5.98. The quantitative estimate of drug-likeness (QED) is 0.891. The fourth-order valence-corrected chi connectivity index (χ4v) is 1.66. The van der Waals surface area contributed by atoms with Gasteiger partial charge in [0.2, 0.25) is 0 Å². The highest BCUT2D eigenvalue weighted by Crippen LogP contribution is 2.18. The first-order valence-electron chi connectivity index (χ1n) is 6.10. The van der Waals surface area contributed by atoms with E-state index in [1.54, 1.807) is 19.1 Å². The number of nitrogens with one attached hydrogen (secondary N) is 2. The number of halogens is 1. The Morgan fingerprint density at radius 1 is 1.37 bits per heavy atom. The molecule has 2 rings (SSSR count). The van der Waals surface area contributed by atoms with E-state index >= 15 is 0 Å². The van der Waals surface area contributed by atoms with Gasteiger partial charge in [0.1, 0.15) is 5.82 Å². The zero-order valence-electron chi connectivity index (χ0n) is 11.1. The van der Waals surface area contributed by atoms with Crippen molar-refractivity contribution >= 4 is 11.6 Å². The second kappa shape index (κ2) is 5.22. The molecule has 1 aromatic carbocycles. The number of carbonyl (C=O) groups is 1. The lowest BCUT2D eigenvalue weighted by molar-refractivity contribution is 0.102. The van der Waals surface area contributed by atoms with Gasteiger partial charge in [-0.05, 0) is 36.6 Å². The van der Waals surface area contributed by atoms with Gasteiger partial charge in [-0.2, -0.15) is 5.10 Å². The minimum Gasteiger partial charge on any atom is -0.320 e. The highest BCUT2D eigenvalue weighted by atomic mass is 19.1. The monoisotopic (exact) mass is 261 g/mol. The Morgan fingerprint density at radius 2 is 2.11 bits per heavy atom. The van der Waals surface area contributed by atoms with Crippen LogP contribution in [0, 0.1) is 12.7 Å². The fourth-order valence-electron chi connectivity index (χ4n) is 1.66. The van der Waals surface area contributed by atoms with Gasteiger partial charge < -0.3 is 5.32 Å². The third kappa shape index (κ3) is 2.99. The normalized spacial score (nSPS) is 10.8. The molecular formula is C14H16FN3O. The number of aryl methyl sites for hydroxylation is 1. The molecule has 1 heterocycles. The lowest BCUT2D eigenvalue weighted by Gasteiger charge is -2.06.